The second-order valence-corrected chi connectivity index (χ2v) is 7.11. The number of alkyl halides is 3. The fourth-order valence-electron chi connectivity index (χ4n) is 2.48. The molecule has 1 saturated heterocycles. The first-order chi connectivity index (χ1) is 12.8. The highest BCUT2D eigenvalue weighted by Crippen LogP contribution is 2.37. The fourth-order valence-corrected chi connectivity index (χ4v) is 2.48. The van der Waals surface area contributed by atoms with Crippen LogP contribution in [-0.2, 0) is 15.7 Å². The van der Waals surface area contributed by atoms with Crippen LogP contribution in [-0.4, -0.2) is 40.3 Å². The van der Waals surface area contributed by atoms with Gasteiger partial charge in [0.15, 0.2) is 6.10 Å². The Morgan fingerprint density at radius 1 is 1.36 bits per heavy atom. The number of aromatic nitrogens is 1. The smallest absolute Gasteiger partial charge is 0.420 e. The third kappa shape index (κ3) is 4.93. The molecule has 10 heteroatoms. The molecular weight excluding hydrogens is 381 g/mol. The minimum Gasteiger partial charge on any atom is -0.473 e. The van der Waals surface area contributed by atoms with Crippen LogP contribution in [0, 0.1) is 0 Å². The predicted octanol–water partition coefficient (Wildman–Crippen LogP) is 4.48. The highest BCUT2D eigenvalue weighted by Gasteiger charge is 2.46. The number of cyclic esters (lactones) is 1. The van der Waals surface area contributed by atoms with E-state index < -0.39 is 41.7 Å². The summed E-state index contributed by atoms with van der Waals surface area (Å²) in [5.41, 5.74) is -2.08. The Labute approximate surface area is 160 Å². The Kier molecular flexibility index (Phi) is 5.91. The van der Waals surface area contributed by atoms with Crippen molar-refractivity contribution in [3.8, 4) is 5.88 Å². The van der Waals surface area contributed by atoms with Crippen LogP contribution in [0.5, 0.6) is 5.88 Å². The number of nitrogens with zero attached hydrogens (tertiary/aromatic N) is 2. The monoisotopic (exact) mass is 402 g/mol. The third-order valence-corrected chi connectivity index (χ3v) is 3.65. The van der Waals surface area contributed by atoms with E-state index in [1.807, 2.05) is 0 Å². The van der Waals surface area contributed by atoms with Gasteiger partial charge in [0.1, 0.15) is 12.2 Å². The molecule has 2 heterocycles. The maximum absolute atomic E-state index is 13.2. The summed E-state index contributed by atoms with van der Waals surface area (Å²) in [6.07, 6.45) is -6.51. The van der Waals surface area contributed by atoms with Crippen molar-refractivity contribution in [2.45, 2.75) is 51.6 Å². The third-order valence-electron chi connectivity index (χ3n) is 3.65. The van der Waals surface area contributed by atoms with Crippen LogP contribution in [0.15, 0.2) is 24.8 Å². The molecule has 2 atom stereocenters. The van der Waals surface area contributed by atoms with Gasteiger partial charge in [0.05, 0.1) is 17.3 Å². The SMILES string of the molecule is C=CCOc1cc(C(F)(F)F)cc([C@H]2OC(=O)N(C(=O)OC(C)(C)C)[C@H]2C)n1. The summed E-state index contributed by atoms with van der Waals surface area (Å²) in [6, 6.07) is 0.555. The molecule has 1 aromatic rings. The molecule has 0 bridgehead atoms. The number of ether oxygens (including phenoxy) is 3. The highest BCUT2D eigenvalue weighted by molar-refractivity contribution is 5.90. The second kappa shape index (κ2) is 7.69. The molecule has 0 aliphatic carbocycles. The van der Waals surface area contributed by atoms with Gasteiger partial charge in [-0.1, -0.05) is 12.7 Å². The van der Waals surface area contributed by atoms with Gasteiger partial charge in [0.25, 0.3) is 0 Å². The Bertz CT molecular complexity index is 773. The van der Waals surface area contributed by atoms with Crippen molar-refractivity contribution in [3.05, 3.63) is 36.0 Å². The Morgan fingerprint density at radius 2 is 2.00 bits per heavy atom. The van der Waals surface area contributed by atoms with Crippen molar-refractivity contribution in [1.29, 1.82) is 0 Å². The number of hydrogen-bond donors (Lipinski definition) is 0. The molecular formula is C18H21F3N2O5. The van der Waals surface area contributed by atoms with Crippen molar-refractivity contribution < 1.29 is 37.0 Å². The maximum atomic E-state index is 13.2. The van der Waals surface area contributed by atoms with Gasteiger partial charge in [-0.2, -0.15) is 13.2 Å². The van der Waals surface area contributed by atoms with Gasteiger partial charge < -0.3 is 14.2 Å². The van der Waals surface area contributed by atoms with Crippen molar-refractivity contribution in [2.75, 3.05) is 6.61 Å². The van der Waals surface area contributed by atoms with Gasteiger partial charge in [-0.05, 0) is 33.8 Å². The van der Waals surface area contributed by atoms with E-state index in [0.29, 0.717) is 4.90 Å². The van der Waals surface area contributed by atoms with Crippen LogP contribution >= 0.6 is 0 Å². The molecule has 2 rings (SSSR count). The predicted molar refractivity (Wildman–Crippen MR) is 91.7 cm³/mol. The number of pyridine rings is 1. The first-order valence-electron chi connectivity index (χ1n) is 8.39. The van der Waals surface area contributed by atoms with E-state index in [0.717, 1.165) is 12.1 Å². The van der Waals surface area contributed by atoms with Crippen molar-refractivity contribution in [3.63, 3.8) is 0 Å². The molecule has 1 fully saturated rings. The van der Waals surface area contributed by atoms with Gasteiger partial charge in [0.2, 0.25) is 5.88 Å². The lowest BCUT2D eigenvalue weighted by atomic mass is 10.1. The van der Waals surface area contributed by atoms with E-state index in [-0.39, 0.29) is 18.2 Å². The Hall–Kier alpha value is -2.78. The first kappa shape index (κ1) is 21.5. The molecule has 0 radical (unpaired) electrons. The topological polar surface area (TPSA) is 78.0 Å². The summed E-state index contributed by atoms with van der Waals surface area (Å²) in [6.45, 7) is 9.67. The number of carbonyl (C=O) groups is 2. The highest BCUT2D eigenvalue weighted by atomic mass is 19.4. The van der Waals surface area contributed by atoms with Crippen molar-refractivity contribution >= 4 is 12.2 Å². The Morgan fingerprint density at radius 3 is 2.54 bits per heavy atom. The van der Waals surface area contributed by atoms with Gasteiger partial charge in [-0.3, -0.25) is 0 Å². The van der Waals surface area contributed by atoms with Crippen LogP contribution in [0.25, 0.3) is 0 Å². The summed E-state index contributed by atoms with van der Waals surface area (Å²) in [7, 11) is 0. The van der Waals surface area contributed by atoms with E-state index in [9.17, 15) is 22.8 Å². The zero-order valence-corrected chi connectivity index (χ0v) is 15.9. The first-order valence-corrected chi connectivity index (χ1v) is 8.39. The van der Waals surface area contributed by atoms with Crippen LogP contribution in [0.4, 0.5) is 22.8 Å². The van der Waals surface area contributed by atoms with Crippen LogP contribution in [0.3, 0.4) is 0 Å². The van der Waals surface area contributed by atoms with E-state index in [2.05, 4.69) is 11.6 Å². The number of amides is 2. The minimum absolute atomic E-state index is 0.0577. The normalized spacial score (nSPS) is 20.0. The van der Waals surface area contributed by atoms with Crippen molar-refractivity contribution in [1.82, 2.24) is 9.88 Å². The van der Waals surface area contributed by atoms with Gasteiger partial charge >= 0.3 is 18.4 Å². The summed E-state index contributed by atoms with van der Waals surface area (Å²) in [5, 5.41) is 0. The molecule has 7 nitrogen and oxygen atoms in total. The summed E-state index contributed by atoms with van der Waals surface area (Å²) in [4.78, 5) is 29.1. The van der Waals surface area contributed by atoms with E-state index in [1.165, 1.54) is 13.0 Å². The van der Waals surface area contributed by atoms with E-state index in [1.54, 1.807) is 20.8 Å². The molecule has 1 aliphatic heterocycles. The fraction of sp³-hybridized carbons (Fsp3) is 0.500. The van der Waals surface area contributed by atoms with Gasteiger partial charge in [-0.15, -0.1) is 0 Å². The number of halogens is 3. The van der Waals surface area contributed by atoms with Crippen LogP contribution in [0.2, 0.25) is 0 Å². The molecule has 28 heavy (non-hydrogen) atoms. The lowest BCUT2D eigenvalue weighted by molar-refractivity contribution is -0.137. The lowest BCUT2D eigenvalue weighted by Gasteiger charge is -2.24. The molecule has 1 aromatic heterocycles. The van der Waals surface area contributed by atoms with Gasteiger partial charge in [0, 0.05) is 6.07 Å². The number of carbonyl (C=O) groups excluding carboxylic acids is 2. The van der Waals surface area contributed by atoms with Crippen molar-refractivity contribution in [2.24, 2.45) is 0 Å². The molecule has 0 aromatic carbocycles. The molecule has 154 valence electrons. The second-order valence-electron chi connectivity index (χ2n) is 7.11. The average molecular weight is 402 g/mol. The zero-order chi connectivity index (χ0) is 21.3. The summed E-state index contributed by atoms with van der Waals surface area (Å²) < 4.78 is 55.1. The standard InChI is InChI=1S/C18H21F3N2O5/c1-6-7-26-13-9-11(18(19,20)21)8-12(22-13)14-10(2)23(15(24)27-14)16(25)28-17(3,4)5/h6,8-10,14H,1,7H2,2-5H3/t10-,14-/m0/s1. The number of rotatable bonds is 4. The van der Waals surface area contributed by atoms with Crippen LogP contribution in [0.1, 0.15) is 45.1 Å². The zero-order valence-electron chi connectivity index (χ0n) is 15.9. The molecule has 0 saturated carbocycles. The summed E-state index contributed by atoms with van der Waals surface area (Å²) >= 11 is 0. The minimum atomic E-state index is -4.67. The lowest BCUT2D eigenvalue weighted by Crippen LogP contribution is -2.41. The summed E-state index contributed by atoms with van der Waals surface area (Å²) in [5.74, 6) is -0.302. The average Bonchev–Trinajstić information content (AvgIpc) is 2.85. The molecule has 2 amide bonds. The van der Waals surface area contributed by atoms with E-state index >= 15 is 0 Å². The number of hydrogen-bond acceptors (Lipinski definition) is 6. The molecule has 0 N–H and O–H groups in total. The number of imide groups is 1. The maximum Gasteiger partial charge on any atom is 0.420 e. The van der Waals surface area contributed by atoms with Crippen LogP contribution < -0.4 is 4.74 Å². The van der Waals surface area contributed by atoms with E-state index in [4.69, 9.17) is 14.2 Å². The molecule has 1 aliphatic rings. The van der Waals surface area contributed by atoms with Gasteiger partial charge in [-0.25, -0.2) is 19.5 Å². The Balaban J connectivity index is 2.37. The largest absolute Gasteiger partial charge is 0.473 e. The molecule has 0 spiro atoms. The molecule has 0 unspecified atom stereocenters. The quantitative estimate of drug-likeness (QED) is 0.691.